The Labute approximate surface area is 184 Å². The van der Waals surface area contributed by atoms with Crippen LogP contribution in [0.15, 0.2) is 84.9 Å². The van der Waals surface area contributed by atoms with Crippen molar-refractivity contribution in [2.24, 2.45) is 0 Å². The lowest BCUT2D eigenvalue weighted by molar-refractivity contribution is 0.0680. The van der Waals surface area contributed by atoms with Gasteiger partial charge in [0, 0.05) is 18.2 Å². The fraction of sp³-hybridized carbons (Fsp3) is 0.269. The maximum absolute atomic E-state index is 13.7. The third-order valence-corrected chi connectivity index (χ3v) is 7.63. The van der Waals surface area contributed by atoms with Gasteiger partial charge in [-0.25, -0.2) is 8.42 Å². The molecule has 1 heterocycles. The van der Waals surface area contributed by atoms with E-state index in [0.29, 0.717) is 18.5 Å². The van der Waals surface area contributed by atoms with Crippen LogP contribution in [0.4, 0.5) is 0 Å². The first kappa shape index (κ1) is 21.3. The Balaban J connectivity index is 1.60. The molecule has 1 amide bonds. The highest BCUT2D eigenvalue weighted by molar-refractivity contribution is 7.91. The van der Waals surface area contributed by atoms with Crippen LogP contribution in [0.25, 0.3) is 0 Å². The van der Waals surface area contributed by atoms with Gasteiger partial charge < -0.3 is 4.90 Å². The van der Waals surface area contributed by atoms with Crippen molar-refractivity contribution < 1.29 is 13.2 Å². The molecule has 1 aliphatic rings. The van der Waals surface area contributed by atoms with Crippen molar-refractivity contribution in [3.8, 4) is 0 Å². The molecule has 1 saturated heterocycles. The van der Waals surface area contributed by atoms with E-state index >= 15 is 0 Å². The fourth-order valence-corrected chi connectivity index (χ4v) is 5.92. The van der Waals surface area contributed by atoms with Gasteiger partial charge in [-0.1, -0.05) is 78.9 Å². The average Bonchev–Trinajstić information content (AvgIpc) is 3.16. The lowest BCUT2D eigenvalue weighted by atomic mass is 9.98. The van der Waals surface area contributed by atoms with Crippen LogP contribution in [0, 0.1) is 0 Å². The quantitative estimate of drug-likeness (QED) is 0.558. The zero-order chi connectivity index (χ0) is 21.7. The predicted molar refractivity (Wildman–Crippen MR) is 124 cm³/mol. The van der Waals surface area contributed by atoms with Crippen LogP contribution in [0.1, 0.15) is 33.5 Å². The molecule has 0 aliphatic carbocycles. The number of amides is 1. The molecule has 0 N–H and O–H groups in total. The Morgan fingerprint density at radius 3 is 2.06 bits per heavy atom. The Hall–Kier alpha value is -2.92. The molecule has 0 unspecified atom stereocenters. The number of hydrogen-bond donors (Lipinski definition) is 0. The van der Waals surface area contributed by atoms with Crippen molar-refractivity contribution in [1.82, 2.24) is 4.90 Å². The monoisotopic (exact) mass is 433 g/mol. The van der Waals surface area contributed by atoms with E-state index in [-0.39, 0.29) is 23.5 Å². The zero-order valence-corrected chi connectivity index (χ0v) is 18.3. The molecule has 0 bridgehead atoms. The normalized spacial score (nSPS) is 17.4. The van der Waals surface area contributed by atoms with Gasteiger partial charge in [-0.3, -0.25) is 4.79 Å². The van der Waals surface area contributed by atoms with E-state index < -0.39 is 9.84 Å². The largest absolute Gasteiger partial charge is 0.330 e. The van der Waals surface area contributed by atoms with Crippen molar-refractivity contribution >= 4 is 15.7 Å². The van der Waals surface area contributed by atoms with Gasteiger partial charge in [0.2, 0.25) is 0 Å². The first-order chi connectivity index (χ1) is 15.0. The van der Waals surface area contributed by atoms with Crippen LogP contribution >= 0.6 is 0 Å². The lowest BCUT2D eigenvalue weighted by Crippen LogP contribution is -2.41. The minimum atomic E-state index is -3.10. The summed E-state index contributed by atoms with van der Waals surface area (Å²) in [7, 11) is -3.10. The van der Waals surface area contributed by atoms with Gasteiger partial charge in [0.05, 0.1) is 11.5 Å². The van der Waals surface area contributed by atoms with Crippen molar-refractivity contribution in [2.75, 3.05) is 11.5 Å². The van der Waals surface area contributed by atoms with E-state index in [0.717, 1.165) is 24.0 Å². The predicted octanol–water partition coefficient (Wildman–Crippen LogP) is 4.30. The van der Waals surface area contributed by atoms with Crippen molar-refractivity contribution in [3.63, 3.8) is 0 Å². The zero-order valence-electron chi connectivity index (χ0n) is 17.5. The van der Waals surface area contributed by atoms with Crippen LogP contribution in [0.5, 0.6) is 0 Å². The summed E-state index contributed by atoms with van der Waals surface area (Å²) < 4.78 is 24.3. The molecule has 4 nitrogen and oxygen atoms in total. The minimum Gasteiger partial charge on any atom is -0.330 e. The molecular weight excluding hydrogens is 406 g/mol. The second-order valence-electron chi connectivity index (χ2n) is 8.12. The standard InChI is InChI=1S/C26H27NO3S/c28-26(25-14-8-7-13-23(25)16-15-21-9-3-1-4-10-21)27(19-22-11-5-2-6-12-22)24-17-18-31(29,30)20-24/h1-14,24H,15-20H2/t24-/m0/s1. The van der Waals surface area contributed by atoms with Gasteiger partial charge >= 0.3 is 0 Å². The highest BCUT2D eigenvalue weighted by Crippen LogP contribution is 2.24. The number of sulfone groups is 1. The molecule has 4 rings (SSSR count). The second-order valence-corrected chi connectivity index (χ2v) is 10.3. The molecule has 3 aromatic carbocycles. The summed E-state index contributed by atoms with van der Waals surface area (Å²) in [4.78, 5) is 15.5. The maximum Gasteiger partial charge on any atom is 0.254 e. The summed E-state index contributed by atoms with van der Waals surface area (Å²) in [5, 5.41) is 0. The first-order valence-corrected chi connectivity index (χ1v) is 12.5. The molecule has 1 aliphatic heterocycles. The lowest BCUT2D eigenvalue weighted by Gasteiger charge is -2.29. The van der Waals surface area contributed by atoms with Gasteiger partial charge in [0.25, 0.3) is 5.91 Å². The summed E-state index contributed by atoms with van der Waals surface area (Å²) >= 11 is 0. The molecular formula is C26H27NO3S. The van der Waals surface area contributed by atoms with Crippen LogP contribution < -0.4 is 0 Å². The molecule has 1 atom stereocenters. The fourth-order valence-electron chi connectivity index (χ4n) is 4.19. The average molecular weight is 434 g/mol. The van der Waals surface area contributed by atoms with Gasteiger partial charge in [0.1, 0.15) is 0 Å². The molecule has 31 heavy (non-hydrogen) atoms. The summed E-state index contributed by atoms with van der Waals surface area (Å²) in [5.74, 6) is 0.0959. The van der Waals surface area contributed by atoms with E-state index in [1.54, 1.807) is 4.90 Å². The van der Waals surface area contributed by atoms with Crippen LogP contribution in [-0.2, 0) is 29.2 Å². The molecule has 0 saturated carbocycles. The number of aryl methyl sites for hydroxylation is 2. The van der Waals surface area contributed by atoms with E-state index in [1.807, 2.05) is 72.8 Å². The number of carbonyl (C=O) groups excluding carboxylic acids is 1. The maximum atomic E-state index is 13.7. The van der Waals surface area contributed by atoms with E-state index in [4.69, 9.17) is 0 Å². The molecule has 0 spiro atoms. The molecule has 3 aromatic rings. The van der Waals surface area contributed by atoms with Crippen molar-refractivity contribution in [1.29, 1.82) is 0 Å². The SMILES string of the molecule is O=C(c1ccccc1CCc1ccccc1)N(Cc1ccccc1)[C@H]1CCS(=O)(=O)C1. The summed E-state index contributed by atoms with van der Waals surface area (Å²) in [6.45, 7) is 0.410. The smallest absolute Gasteiger partial charge is 0.254 e. The van der Waals surface area contributed by atoms with E-state index in [1.165, 1.54) is 5.56 Å². The Morgan fingerprint density at radius 1 is 0.806 bits per heavy atom. The van der Waals surface area contributed by atoms with Crippen LogP contribution in [0.2, 0.25) is 0 Å². The molecule has 5 heteroatoms. The summed E-state index contributed by atoms with van der Waals surface area (Å²) in [5.41, 5.74) is 3.89. The highest BCUT2D eigenvalue weighted by atomic mass is 32.2. The van der Waals surface area contributed by atoms with E-state index in [2.05, 4.69) is 12.1 Å². The first-order valence-electron chi connectivity index (χ1n) is 10.7. The topological polar surface area (TPSA) is 54.5 Å². The number of nitrogens with zero attached hydrogens (tertiary/aromatic N) is 1. The van der Waals surface area contributed by atoms with Gasteiger partial charge in [0.15, 0.2) is 9.84 Å². The van der Waals surface area contributed by atoms with Crippen molar-refractivity contribution in [3.05, 3.63) is 107 Å². The summed E-state index contributed by atoms with van der Waals surface area (Å²) in [6.07, 6.45) is 2.10. The van der Waals surface area contributed by atoms with Crippen LogP contribution in [0.3, 0.4) is 0 Å². The van der Waals surface area contributed by atoms with Crippen LogP contribution in [-0.4, -0.2) is 36.8 Å². The van der Waals surface area contributed by atoms with Gasteiger partial charge in [-0.05, 0) is 42.0 Å². The number of rotatable bonds is 7. The number of hydrogen-bond acceptors (Lipinski definition) is 3. The molecule has 1 fully saturated rings. The van der Waals surface area contributed by atoms with Crippen molar-refractivity contribution in [2.45, 2.75) is 31.8 Å². The molecule has 160 valence electrons. The Morgan fingerprint density at radius 2 is 1.42 bits per heavy atom. The number of carbonyl (C=O) groups is 1. The third-order valence-electron chi connectivity index (χ3n) is 5.88. The highest BCUT2D eigenvalue weighted by Gasteiger charge is 2.35. The second kappa shape index (κ2) is 9.48. The summed E-state index contributed by atoms with van der Waals surface area (Å²) in [6, 6.07) is 27.4. The van der Waals surface area contributed by atoms with Gasteiger partial charge in [-0.2, -0.15) is 0 Å². The van der Waals surface area contributed by atoms with Gasteiger partial charge in [-0.15, -0.1) is 0 Å². The Bertz CT molecular complexity index is 1130. The Kier molecular flexibility index (Phi) is 6.52. The third kappa shape index (κ3) is 5.42. The molecule has 0 radical (unpaired) electrons. The minimum absolute atomic E-state index is 0.0394. The van der Waals surface area contributed by atoms with E-state index in [9.17, 15) is 13.2 Å². The molecule has 0 aromatic heterocycles. The number of benzene rings is 3.